The molecule has 3 nitrogen and oxygen atoms in total. The molecule has 0 atom stereocenters. The highest BCUT2D eigenvalue weighted by Crippen LogP contribution is 2.22. The molecule has 0 bridgehead atoms. The SMILES string of the molecule is NCc1[nH]c(=O)cc(F)c1C(F)F. The van der Waals surface area contributed by atoms with E-state index in [-0.39, 0.29) is 12.2 Å². The first kappa shape index (κ1) is 9.79. The Balaban J connectivity index is 3.38. The van der Waals surface area contributed by atoms with E-state index in [0.717, 1.165) is 0 Å². The van der Waals surface area contributed by atoms with Crippen LogP contribution < -0.4 is 11.3 Å². The summed E-state index contributed by atoms with van der Waals surface area (Å²) >= 11 is 0. The van der Waals surface area contributed by atoms with Gasteiger partial charge in [-0.1, -0.05) is 0 Å². The maximum absolute atomic E-state index is 12.8. The Hall–Kier alpha value is -1.30. The number of hydrogen-bond donors (Lipinski definition) is 2. The van der Waals surface area contributed by atoms with Crippen molar-refractivity contribution in [3.63, 3.8) is 0 Å². The van der Waals surface area contributed by atoms with Gasteiger partial charge < -0.3 is 10.7 Å². The lowest BCUT2D eigenvalue weighted by Gasteiger charge is -2.06. The summed E-state index contributed by atoms with van der Waals surface area (Å²) < 4.78 is 37.2. The molecule has 0 fully saturated rings. The van der Waals surface area contributed by atoms with E-state index in [1.54, 1.807) is 0 Å². The quantitative estimate of drug-likeness (QED) is 0.731. The zero-order valence-corrected chi connectivity index (χ0v) is 6.48. The van der Waals surface area contributed by atoms with E-state index >= 15 is 0 Å². The Morgan fingerprint density at radius 3 is 2.62 bits per heavy atom. The van der Waals surface area contributed by atoms with Gasteiger partial charge in [-0.3, -0.25) is 4.79 Å². The second-order valence-corrected chi connectivity index (χ2v) is 2.38. The highest BCUT2D eigenvalue weighted by Gasteiger charge is 2.18. The number of aromatic amines is 1. The number of alkyl halides is 2. The van der Waals surface area contributed by atoms with E-state index in [4.69, 9.17) is 5.73 Å². The van der Waals surface area contributed by atoms with Crippen LogP contribution in [0.4, 0.5) is 13.2 Å². The molecule has 1 heterocycles. The Kier molecular flexibility index (Phi) is 2.72. The minimum Gasteiger partial charge on any atom is -0.325 e. The van der Waals surface area contributed by atoms with Gasteiger partial charge in [0.05, 0.1) is 5.56 Å². The molecule has 0 spiro atoms. The number of H-pyrrole nitrogens is 1. The van der Waals surface area contributed by atoms with Crippen molar-refractivity contribution in [2.24, 2.45) is 5.73 Å². The number of rotatable bonds is 2. The predicted octanol–water partition coefficient (Wildman–Crippen LogP) is 0.910. The van der Waals surface area contributed by atoms with Crippen molar-refractivity contribution in [3.05, 3.63) is 33.5 Å². The number of nitrogens with one attached hydrogen (secondary N) is 1. The lowest BCUT2D eigenvalue weighted by atomic mass is 10.2. The van der Waals surface area contributed by atoms with Gasteiger partial charge in [-0.2, -0.15) is 0 Å². The van der Waals surface area contributed by atoms with Gasteiger partial charge in [0.2, 0.25) is 0 Å². The molecule has 13 heavy (non-hydrogen) atoms. The zero-order chi connectivity index (χ0) is 10.0. The number of aromatic nitrogens is 1. The summed E-state index contributed by atoms with van der Waals surface area (Å²) in [6, 6.07) is 0.473. The van der Waals surface area contributed by atoms with Gasteiger partial charge in [0.15, 0.2) is 0 Å². The maximum Gasteiger partial charge on any atom is 0.268 e. The van der Waals surface area contributed by atoms with E-state index in [1.165, 1.54) is 0 Å². The Labute approximate surface area is 71.4 Å². The second-order valence-electron chi connectivity index (χ2n) is 2.38. The molecule has 0 saturated heterocycles. The first-order chi connectivity index (χ1) is 6.06. The fraction of sp³-hybridized carbons (Fsp3) is 0.286. The van der Waals surface area contributed by atoms with Gasteiger partial charge in [-0.25, -0.2) is 13.2 Å². The van der Waals surface area contributed by atoms with Crippen molar-refractivity contribution in [1.29, 1.82) is 0 Å². The monoisotopic (exact) mass is 192 g/mol. The van der Waals surface area contributed by atoms with Crippen molar-refractivity contribution >= 4 is 0 Å². The van der Waals surface area contributed by atoms with Crippen molar-refractivity contribution in [2.45, 2.75) is 13.0 Å². The van der Waals surface area contributed by atoms with Crippen LogP contribution in [0.1, 0.15) is 17.7 Å². The van der Waals surface area contributed by atoms with Gasteiger partial charge in [0.25, 0.3) is 12.0 Å². The number of pyridine rings is 1. The average Bonchev–Trinajstić information content (AvgIpc) is 2.01. The third-order valence-electron chi connectivity index (χ3n) is 1.54. The molecule has 1 aromatic rings. The Morgan fingerprint density at radius 2 is 2.15 bits per heavy atom. The summed E-state index contributed by atoms with van der Waals surface area (Å²) in [4.78, 5) is 12.7. The lowest BCUT2D eigenvalue weighted by molar-refractivity contribution is 0.144. The van der Waals surface area contributed by atoms with Gasteiger partial charge in [0.1, 0.15) is 5.82 Å². The summed E-state index contributed by atoms with van der Waals surface area (Å²) in [7, 11) is 0. The molecular formula is C7H7F3N2O. The summed E-state index contributed by atoms with van der Waals surface area (Å²) in [5, 5.41) is 0. The van der Waals surface area contributed by atoms with Gasteiger partial charge in [-0.05, 0) is 0 Å². The molecule has 1 rings (SSSR count). The normalized spacial score (nSPS) is 10.8. The Morgan fingerprint density at radius 1 is 1.54 bits per heavy atom. The molecule has 0 saturated carbocycles. The van der Waals surface area contributed by atoms with Gasteiger partial charge in [0, 0.05) is 18.3 Å². The standard InChI is InChI=1S/C7H7F3N2O/c8-3-1-5(13)12-4(2-11)6(3)7(9)10/h1,7H,2,11H2,(H,12,13). The predicted molar refractivity (Wildman–Crippen MR) is 39.9 cm³/mol. The first-order valence-corrected chi connectivity index (χ1v) is 3.46. The molecule has 72 valence electrons. The topological polar surface area (TPSA) is 58.9 Å². The molecule has 0 aliphatic heterocycles. The van der Waals surface area contributed by atoms with Crippen LogP contribution in [0.2, 0.25) is 0 Å². The third-order valence-corrected chi connectivity index (χ3v) is 1.54. The zero-order valence-electron chi connectivity index (χ0n) is 6.48. The molecule has 0 aliphatic rings. The van der Waals surface area contributed by atoms with Crippen LogP contribution in [0.5, 0.6) is 0 Å². The summed E-state index contributed by atoms with van der Waals surface area (Å²) in [5.41, 5.74) is 3.19. The second kappa shape index (κ2) is 3.61. The molecule has 6 heteroatoms. The largest absolute Gasteiger partial charge is 0.325 e. The van der Waals surface area contributed by atoms with E-state index in [0.29, 0.717) is 6.07 Å². The fourth-order valence-electron chi connectivity index (χ4n) is 0.986. The number of nitrogens with two attached hydrogens (primary N) is 1. The van der Waals surface area contributed by atoms with E-state index in [2.05, 4.69) is 0 Å². The van der Waals surface area contributed by atoms with Crippen LogP contribution >= 0.6 is 0 Å². The van der Waals surface area contributed by atoms with Crippen molar-refractivity contribution < 1.29 is 13.2 Å². The Bertz CT molecular complexity index is 361. The highest BCUT2D eigenvalue weighted by atomic mass is 19.3. The maximum atomic E-state index is 12.8. The van der Waals surface area contributed by atoms with Crippen LogP contribution in [0.3, 0.4) is 0 Å². The minimum atomic E-state index is -2.98. The summed E-state index contributed by atoms with van der Waals surface area (Å²) in [6.45, 7) is -0.327. The van der Waals surface area contributed by atoms with Crippen LogP contribution in [0.25, 0.3) is 0 Å². The summed E-state index contributed by atoms with van der Waals surface area (Å²) in [6.07, 6.45) is -2.98. The number of hydrogen-bond acceptors (Lipinski definition) is 2. The molecule has 1 aromatic heterocycles. The molecule has 3 N–H and O–H groups in total. The van der Waals surface area contributed by atoms with Crippen LogP contribution in [-0.2, 0) is 6.54 Å². The van der Waals surface area contributed by atoms with Gasteiger partial charge in [-0.15, -0.1) is 0 Å². The van der Waals surface area contributed by atoms with E-state index in [9.17, 15) is 18.0 Å². The lowest BCUT2D eigenvalue weighted by Crippen LogP contribution is -2.16. The number of halogens is 3. The molecule has 0 amide bonds. The van der Waals surface area contributed by atoms with Crippen molar-refractivity contribution in [2.75, 3.05) is 0 Å². The van der Waals surface area contributed by atoms with Gasteiger partial charge >= 0.3 is 0 Å². The molecular weight excluding hydrogens is 185 g/mol. The van der Waals surface area contributed by atoms with E-state index in [1.807, 2.05) is 4.98 Å². The highest BCUT2D eigenvalue weighted by molar-refractivity contribution is 5.22. The van der Waals surface area contributed by atoms with Crippen molar-refractivity contribution in [1.82, 2.24) is 4.98 Å². The van der Waals surface area contributed by atoms with Crippen LogP contribution in [0.15, 0.2) is 10.9 Å². The third kappa shape index (κ3) is 1.89. The fourth-order valence-corrected chi connectivity index (χ4v) is 0.986. The summed E-state index contributed by atoms with van der Waals surface area (Å²) in [5.74, 6) is -1.22. The molecule has 0 aliphatic carbocycles. The molecule has 0 aromatic carbocycles. The average molecular weight is 192 g/mol. The molecule has 0 radical (unpaired) electrons. The van der Waals surface area contributed by atoms with Crippen LogP contribution in [0, 0.1) is 5.82 Å². The first-order valence-electron chi connectivity index (χ1n) is 3.46. The minimum absolute atomic E-state index is 0.264. The van der Waals surface area contributed by atoms with E-state index < -0.39 is 23.4 Å². The smallest absolute Gasteiger partial charge is 0.268 e. The van der Waals surface area contributed by atoms with Crippen molar-refractivity contribution in [3.8, 4) is 0 Å². The molecule has 0 unspecified atom stereocenters. The van der Waals surface area contributed by atoms with Crippen LogP contribution in [-0.4, -0.2) is 4.98 Å².